The number of anilines is 1. The zero-order valence-corrected chi connectivity index (χ0v) is 19.2. The van der Waals surface area contributed by atoms with E-state index in [1.807, 2.05) is 38.1 Å². The van der Waals surface area contributed by atoms with Gasteiger partial charge in [-0.25, -0.2) is 4.68 Å². The second-order valence-electron chi connectivity index (χ2n) is 7.53. The van der Waals surface area contributed by atoms with Gasteiger partial charge in [0, 0.05) is 17.3 Å². The van der Waals surface area contributed by atoms with Gasteiger partial charge >= 0.3 is 5.69 Å². The number of nitro benzene ring substituents is 1. The maximum Gasteiger partial charge on any atom is 0.311 e. The van der Waals surface area contributed by atoms with Gasteiger partial charge in [-0.2, -0.15) is 10.2 Å². The number of carbonyl (C=O) groups excluding carboxylic acids is 1. The van der Waals surface area contributed by atoms with Crippen LogP contribution in [0.5, 0.6) is 5.75 Å². The molecule has 0 spiro atoms. The molecule has 0 aliphatic heterocycles. The van der Waals surface area contributed by atoms with Gasteiger partial charge in [0.2, 0.25) is 0 Å². The molecular formula is C23H21ClN6O4. The molecule has 4 rings (SSSR count). The first-order valence-electron chi connectivity index (χ1n) is 10.3. The molecule has 4 aromatic rings. The fourth-order valence-electron chi connectivity index (χ4n) is 3.44. The molecule has 0 aliphatic carbocycles. The van der Waals surface area contributed by atoms with Crippen LogP contribution in [0.3, 0.4) is 0 Å². The Morgan fingerprint density at radius 2 is 1.94 bits per heavy atom. The van der Waals surface area contributed by atoms with Gasteiger partial charge in [0.05, 0.1) is 28.5 Å². The van der Waals surface area contributed by atoms with Crippen LogP contribution in [-0.4, -0.2) is 30.4 Å². The quantitative estimate of drug-likeness (QED) is 0.291. The normalized spacial score (nSPS) is 10.8. The lowest BCUT2D eigenvalue weighted by Crippen LogP contribution is -2.15. The fourth-order valence-corrected chi connectivity index (χ4v) is 3.65. The van der Waals surface area contributed by atoms with Gasteiger partial charge in [-0.15, -0.1) is 0 Å². The largest absolute Gasteiger partial charge is 0.464 e. The molecule has 0 saturated heterocycles. The third kappa shape index (κ3) is 5.07. The van der Waals surface area contributed by atoms with Crippen molar-refractivity contribution in [1.29, 1.82) is 0 Å². The number of hydrogen-bond acceptors (Lipinski definition) is 6. The average molecular weight is 481 g/mol. The van der Waals surface area contributed by atoms with E-state index in [1.165, 1.54) is 16.8 Å². The van der Waals surface area contributed by atoms with E-state index in [2.05, 4.69) is 15.5 Å². The molecule has 0 radical (unpaired) electrons. The van der Waals surface area contributed by atoms with E-state index in [9.17, 15) is 14.9 Å². The first-order valence-corrected chi connectivity index (χ1v) is 10.7. The highest BCUT2D eigenvalue weighted by atomic mass is 35.5. The summed E-state index contributed by atoms with van der Waals surface area (Å²) in [5, 5.41) is 23.4. The molecule has 0 aliphatic rings. The van der Waals surface area contributed by atoms with Crippen LogP contribution in [0.25, 0.3) is 0 Å². The third-order valence-corrected chi connectivity index (χ3v) is 5.36. The average Bonchev–Trinajstić information content (AvgIpc) is 3.38. The molecule has 0 fully saturated rings. The van der Waals surface area contributed by atoms with Crippen molar-refractivity contribution in [2.45, 2.75) is 27.1 Å². The van der Waals surface area contributed by atoms with Crippen molar-refractivity contribution in [2.75, 3.05) is 5.32 Å². The van der Waals surface area contributed by atoms with Gasteiger partial charge in [-0.05, 0) is 43.7 Å². The van der Waals surface area contributed by atoms with Crippen molar-refractivity contribution in [1.82, 2.24) is 19.6 Å². The second-order valence-corrected chi connectivity index (χ2v) is 7.96. The fraction of sp³-hybridized carbons (Fsp3) is 0.174. The van der Waals surface area contributed by atoms with E-state index in [0.717, 1.165) is 11.3 Å². The summed E-state index contributed by atoms with van der Waals surface area (Å²) in [5.41, 5.74) is 3.10. The van der Waals surface area contributed by atoms with E-state index in [0.29, 0.717) is 22.9 Å². The van der Waals surface area contributed by atoms with Crippen molar-refractivity contribution in [3.8, 4) is 5.75 Å². The smallest absolute Gasteiger partial charge is 0.311 e. The van der Waals surface area contributed by atoms with Gasteiger partial charge in [0.25, 0.3) is 5.91 Å². The molecule has 1 N–H and O–H groups in total. The summed E-state index contributed by atoms with van der Waals surface area (Å²) >= 11 is 6.07. The van der Waals surface area contributed by atoms with Crippen LogP contribution in [0.1, 0.15) is 27.4 Å². The Morgan fingerprint density at radius 3 is 2.71 bits per heavy atom. The van der Waals surface area contributed by atoms with Crippen molar-refractivity contribution < 1.29 is 14.5 Å². The summed E-state index contributed by atoms with van der Waals surface area (Å²) in [6.45, 7) is 4.12. The van der Waals surface area contributed by atoms with Crippen LogP contribution in [0.2, 0.25) is 5.02 Å². The summed E-state index contributed by atoms with van der Waals surface area (Å²) in [5.74, 6) is -0.287. The Morgan fingerprint density at radius 1 is 1.15 bits per heavy atom. The first-order chi connectivity index (χ1) is 16.3. The number of nitrogens with one attached hydrogen (secondary N) is 1. The standard InChI is InChI=1S/C23H21ClN6O4/c1-15-22(16(2)29(26-15)13-17-6-5-7-18(24)12-17)25-23(31)19-10-11-28(27-19)14-34-21-9-4-3-8-20(21)30(32)33/h3-12H,13-14H2,1-2H3,(H,25,31). The van der Waals surface area contributed by atoms with Crippen molar-refractivity contribution in [3.05, 3.63) is 98.6 Å². The number of para-hydroxylation sites is 2. The minimum atomic E-state index is -0.519. The molecule has 34 heavy (non-hydrogen) atoms. The monoisotopic (exact) mass is 480 g/mol. The Labute approximate surface area is 199 Å². The Kier molecular flexibility index (Phi) is 6.60. The predicted molar refractivity (Wildman–Crippen MR) is 126 cm³/mol. The molecule has 2 heterocycles. The van der Waals surface area contributed by atoms with Gasteiger partial charge in [-0.1, -0.05) is 35.9 Å². The van der Waals surface area contributed by atoms with Crippen LogP contribution in [0.4, 0.5) is 11.4 Å². The summed E-state index contributed by atoms with van der Waals surface area (Å²) < 4.78 is 8.69. The maximum atomic E-state index is 12.8. The number of nitrogens with zero attached hydrogens (tertiary/aromatic N) is 5. The second kappa shape index (κ2) is 9.75. The molecule has 1 amide bonds. The summed E-state index contributed by atoms with van der Waals surface area (Å²) in [6, 6.07) is 15.1. The number of rotatable bonds is 8. The van der Waals surface area contributed by atoms with Gasteiger partial charge in [0.15, 0.2) is 18.2 Å². The minimum Gasteiger partial charge on any atom is -0.464 e. The number of aromatic nitrogens is 4. The van der Waals surface area contributed by atoms with Gasteiger partial charge in [-0.3, -0.25) is 19.6 Å². The number of hydrogen-bond donors (Lipinski definition) is 1. The number of carbonyl (C=O) groups is 1. The van der Waals surface area contributed by atoms with E-state index in [1.54, 1.807) is 29.1 Å². The number of aryl methyl sites for hydroxylation is 1. The Hall–Kier alpha value is -4.18. The van der Waals surface area contributed by atoms with E-state index < -0.39 is 10.8 Å². The Bertz CT molecular complexity index is 1360. The lowest BCUT2D eigenvalue weighted by atomic mass is 10.2. The molecule has 174 valence electrons. The highest BCUT2D eigenvalue weighted by Gasteiger charge is 2.18. The zero-order chi connectivity index (χ0) is 24.2. The van der Waals surface area contributed by atoms with Crippen LogP contribution in [-0.2, 0) is 13.3 Å². The van der Waals surface area contributed by atoms with Crippen molar-refractivity contribution in [2.24, 2.45) is 0 Å². The molecule has 0 bridgehead atoms. The molecule has 2 aromatic heterocycles. The van der Waals surface area contributed by atoms with Gasteiger partial charge in [0.1, 0.15) is 0 Å². The number of ether oxygens (including phenoxy) is 1. The molecule has 0 unspecified atom stereocenters. The third-order valence-electron chi connectivity index (χ3n) is 5.13. The van der Waals surface area contributed by atoms with E-state index in [4.69, 9.17) is 16.3 Å². The summed E-state index contributed by atoms with van der Waals surface area (Å²) in [7, 11) is 0. The highest BCUT2D eigenvalue weighted by Crippen LogP contribution is 2.26. The minimum absolute atomic E-state index is 0.0895. The van der Waals surface area contributed by atoms with Gasteiger partial charge < -0.3 is 10.1 Å². The SMILES string of the molecule is Cc1nn(Cc2cccc(Cl)c2)c(C)c1NC(=O)c1ccn(COc2ccccc2[N+](=O)[O-])n1. The van der Waals surface area contributed by atoms with E-state index in [-0.39, 0.29) is 23.9 Å². The van der Waals surface area contributed by atoms with Crippen LogP contribution >= 0.6 is 11.6 Å². The summed E-state index contributed by atoms with van der Waals surface area (Å²) in [6.07, 6.45) is 1.56. The zero-order valence-electron chi connectivity index (χ0n) is 18.4. The molecule has 2 aromatic carbocycles. The summed E-state index contributed by atoms with van der Waals surface area (Å²) in [4.78, 5) is 23.4. The number of nitro groups is 1. The highest BCUT2D eigenvalue weighted by molar-refractivity contribution is 6.30. The van der Waals surface area contributed by atoms with Crippen molar-refractivity contribution in [3.63, 3.8) is 0 Å². The van der Waals surface area contributed by atoms with Crippen LogP contribution < -0.4 is 10.1 Å². The predicted octanol–water partition coefficient (Wildman–Crippen LogP) is 4.60. The van der Waals surface area contributed by atoms with Crippen LogP contribution in [0.15, 0.2) is 60.8 Å². The molecule has 10 nitrogen and oxygen atoms in total. The van der Waals surface area contributed by atoms with Crippen LogP contribution in [0, 0.1) is 24.0 Å². The van der Waals surface area contributed by atoms with Crippen molar-refractivity contribution >= 4 is 28.9 Å². The molecule has 11 heteroatoms. The lowest BCUT2D eigenvalue weighted by molar-refractivity contribution is -0.386. The Balaban J connectivity index is 1.43. The topological polar surface area (TPSA) is 117 Å². The molecule has 0 saturated carbocycles. The number of benzene rings is 2. The lowest BCUT2D eigenvalue weighted by Gasteiger charge is -2.07. The molecular weight excluding hydrogens is 460 g/mol. The number of halogens is 1. The first kappa shape index (κ1) is 23.0. The van der Waals surface area contributed by atoms with E-state index >= 15 is 0 Å². The number of amides is 1. The molecule has 0 atom stereocenters. The maximum absolute atomic E-state index is 12.8.